The number of nitriles is 1. The van der Waals surface area contributed by atoms with E-state index in [1.807, 2.05) is 32.2 Å². The number of nitrogens with zero attached hydrogens (tertiary/aromatic N) is 1. The first-order chi connectivity index (χ1) is 6.14. The van der Waals surface area contributed by atoms with Crippen molar-refractivity contribution < 1.29 is 0 Å². The minimum absolute atomic E-state index is 0.285. The summed E-state index contributed by atoms with van der Waals surface area (Å²) in [6.07, 6.45) is 1.90. The zero-order chi connectivity index (χ0) is 9.73. The first kappa shape index (κ1) is 9.82. The van der Waals surface area contributed by atoms with Gasteiger partial charge in [-0.05, 0) is 26.0 Å². The Morgan fingerprint density at radius 2 is 2.38 bits per heavy atom. The molecule has 0 saturated carbocycles. The maximum atomic E-state index is 8.75. The van der Waals surface area contributed by atoms with Gasteiger partial charge in [0.1, 0.15) is 0 Å². The van der Waals surface area contributed by atoms with Gasteiger partial charge in [-0.1, -0.05) is 0 Å². The smallest absolute Gasteiger partial charge is 0.0697 e. The Morgan fingerprint density at radius 3 is 2.92 bits per heavy atom. The van der Waals surface area contributed by atoms with Crippen molar-refractivity contribution in [3.8, 4) is 6.07 Å². The second-order valence-electron chi connectivity index (χ2n) is 3.79. The van der Waals surface area contributed by atoms with E-state index in [9.17, 15) is 0 Å². The van der Waals surface area contributed by atoms with Gasteiger partial charge < -0.3 is 10.3 Å². The molecule has 0 bridgehead atoms. The van der Waals surface area contributed by atoms with Gasteiger partial charge in [0.25, 0.3) is 0 Å². The Labute approximate surface area is 78.8 Å². The van der Waals surface area contributed by atoms with Gasteiger partial charge in [0.2, 0.25) is 0 Å². The molecule has 2 N–H and O–H groups in total. The Balaban J connectivity index is 2.26. The largest absolute Gasteiger partial charge is 0.364 e. The third-order valence-electron chi connectivity index (χ3n) is 1.85. The quantitative estimate of drug-likeness (QED) is 0.734. The third-order valence-corrected chi connectivity index (χ3v) is 1.85. The molecule has 0 aliphatic carbocycles. The summed E-state index contributed by atoms with van der Waals surface area (Å²) in [6.45, 7) is 5.35. The number of hydrogen-bond acceptors (Lipinski definition) is 2. The van der Waals surface area contributed by atoms with E-state index in [1.165, 1.54) is 0 Å². The Kier molecular flexibility index (Phi) is 3.10. The summed E-state index contributed by atoms with van der Waals surface area (Å²) in [7, 11) is 0. The molecule has 1 aromatic rings. The number of rotatable bonds is 4. The molecule has 0 spiro atoms. The van der Waals surface area contributed by atoms with Crippen LogP contribution in [0.3, 0.4) is 0 Å². The predicted octanol–water partition coefficient (Wildman–Crippen LogP) is 1.65. The zero-order valence-corrected chi connectivity index (χ0v) is 8.09. The summed E-state index contributed by atoms with van der Waals surface area (Å²) < 4.78 is 0. The first-order valence-electron chi connectivity index (χ1n) is 4.38. The SMILES string of the molecule is CC(C)(C#N)CNCc1ccc[nH]1. The van der Waals surface area contributed by atoms with Crippen molar-refractivity contribution >= 4 is 0 Å². The van der Waals surface area contributed by atoms with Gasteiger partial charge in [0.05, 0.1) is 11.5 Å². The van der Waals surface area contributed by atoms with Crippen LogP contribution in [0.15, 0.2) is 18.3 Å². The van der Waals surface area contributed by atoms with Gasteiger partial charge >= 0.3 is 0 Å². The lowest BCUT2D eigenvalue weighted by molar-refractivity contribution is 0.443. The van der Waals surface area contributed by atoms with Crippen molar-refractivity contribution in [3.05, 3.63) is 24.0 Å². The van der Waals surface area contributed by atoms with Gasteiger partial charge in [-0.3, -0.25) is 0 Å². The average molecular weight is 177 g/mol. The minimum Gasteiger partial charge on any atom is -0.364 e. The molecule has 0 aliphatic rings. The fraction of sp³-hybridized carbons (Fsp3) is 0.500. The molecule has 0 atom stereocenters. The number of aromatic amines is 1. The molecule has 0 aliphatic heterocycles. The van der Waals surface area contributed by atoms with Crippen LogP contribution in [0.4, 0.5) is 0 Å². The summed E-state index contributed by atoms with van der Waals surface area (Å²) in [4.78, 5) is 3.10. The van der Waals surface area contributed by atoms with E-state index in [2.05, 4.69) is 16.4 Å². The van der Waals surface area contributed by atoms with Gasteiger partial charge in [-0.2, -0.15) is 5.26 Å². The van der Waals surface area contributed by atoms with Gasteiger partial charge in [0, 0.05) is 25.0 Å². The fourth-order valence-electron chi connectivity index (χ4n) is 1.03. The summed E-state index contributed by atoms with van der Waals surface area (Å²) in [5, 5.41) is 12.0. The van der Waals surface area contributed by atoms with E-state index in [0.29, 0.717) is 6.54 Å². The number of nitrogens with one attached hydrogen (secondary N) is 2. The van der Waals surface area contributed by atoms with Crippen molar-refractivity contribution in [2.24, 2.45) is 5.41 Å². The van der Waals surface area contributed by atoms with Crippen molar-refractivity contribution in [1.29, 1.82) is 5.26 Å². The van der Waals surface area contributed by atoms with Crippen LogP contribution < -0.4 is 5.32 Å². The second-order valence-corrected chi connectivity index (χ2v) is 3.79. The van der Waals surface area contributed by atoms with E-state index >= 15 is 0 Å². The van der Waals surface area contributed by atoms with E-state index in [-0.39, 0.29) is 5.41 Å². The van der Waals surface area contributed by atoms with Gasteiger partial charge in [-0.15, -0.1) is 0 Å². The van der Waals surface area contributed by atoms with E-state index in [0.717, 1.165) is 12.2 Å². The Bertz CT molecular complexity index is 280. The molecular formula is C10H15N3. The molecular weight excluding hydrogens is 162 g/mol. The molecule has 1 heterocycles. The third kappa shape index (κ3) is 3.30. The first-order valence-corrected chi connectivity index (χ1v) is 4.38. The molecule has 0 amide bonds. The van der Waals surface area contributed by atoms with Crippen LogP contribution >= 0.6 is 0 Å². The molecule has 3 heteroatoms. The normalized spacial score (nSPS) is 11.2. The molecule has 1 aromatic heterocycles. The zero-order valence-electron chi connectivity index (χ0n) is 8.09. The van der Waals surface area contributed by atoms with E-state index < -0.39 is 0 Å². The van der Waals surface area contributed by atoms with Crippen LogP contribution in [0.5, 0.6) is 0 Å². The lowest BCUT2D eigenvalue weighted by Crippen LogP contribution is -2.27. The molecule has 1 rings (SSSR count). The number of aromatic nitrogens is 1. The standard InChI is InChI=1S/C10H15N3/c1-10(2,7-11)8-12-6-9-4-3-5-13-9/h3-5,12-13H,6,8H2,1-2H3. The van der Waals surface area contributed by atoms with Crippen LogP contribution in [0, 0.1) is 16.7 Å². The topological polar surface area (TPSA) is 51.6 Å². The van der Waals surface area contributed by atoms with Crippen molar-refractivity contribution in [1.82, 2.24) is 10.3 Å². The minimum atomic E-state index is -0.285. The van der Waals surface area contributed by atoms with Crippen molar-refractivity contribution in [3.63, 3.8) is 0 Å². The maximum Gasteiger partial charge on any atom is 0.0697 e. The van der Waals surface area contributed by atoms with Gasteiger partial charge in [-0.25, -0.2) is 0 Å². The summed E-state index contributed by atoms with van der Waals surface area (Å²) >= 11 is 0. The van der Waals surface area contributed by atoms with Crippen molar-refractivity contribution in [2.45, 2.75) is 20.4 Å². The highest BCUT2D eigenvalue weighted by Gasteiger charge is 2.15. The molecule has 70 valence electrons. The molecule has 0 saturated heterocycles. The van der Waals surface area contributed by atoms with Crippen LogP contribution in [0.25, 0.3) is 0 Å². The molecule has 13 heavy (non-hydrogen) atoms. The van der Waals surface area contributed by atoms with Crippen LogP contribution in [-0.2, 0) is 6.54 Å². The summed E-state index contributed by atoms with van der Waals surface area (Å²) in [5.74, 6) is 0. The summed E-state index contributed by atoms with van der Waals surface area (Å²) in [6, 6.07) is 6.23. The highest BCUT2D eigenvalue weighted by Crippen LogP contribution is 2.10. The predicted molar refractivity (Wildman–Crippen MR) is 51.9 cm³/mol. The Hall–Kier alpha value is -1.27. The van der Waals surface area contributed by atoms with Crippen LogP contribution in [-0.4, -0.2) is 11.5 Å². The molecule has 0 unspecified atom stereocenters. The van der Waals surface area contributed by atoms with E-state index in [4.69, 9.17) is 5.26 Å². The van der Waals surface area contributed by atoms with Crippen LogP contribution in [0.2, 0.25) is 0 Å². The maximum absolute atomic E-state index is 8.75. The second kappa shape index (κ2) is 4.11. The van der Waals surface area contributed by atoms with Crippen LogP contribution in [0.1, 0.15) is 19.5 Å². The molecule has 3 nitrogen and oxygen atoms in total. The van der Waals surface area contributed by atoms with E-state index in [1.54, 1.807) is 0 Å². The summed E-state index contributed by atoms with van der Waals surface area (Å²) in [5.41, 5.74) is 0.862. The van der Waals surface area contributed by atoms with Crippen molar-refractivity contribution in [2.75, 3.05) is 6.54 Å². The lowest BCUT2D eigenvalue weighted by atomic mass is 9.96. The number of hydrogen-bond donors (Lipinski definition) is 2. The molecule has 0 aromatic carbocycles. The highest BCUT2D eigenvalue weighted by atomic mass is 14.9. The molecule has 0 fully saturated rings. The fourth-order valence-corrected chi connectivity index (χ4v) is 1.03. The van der Waals surface area contributed by atoms with Gasteiger partial charge in [0.15, 0.2) is 0 Å². The highest BCUT2D eigenvalue weighted by molar-refractivity contribution is 5.03. The lowest BCUT2D eigenvalue weighted by Gasteiger charge is -2.15. The number of H-pyrrole nitrogens is 1. The monoisotopic (exact) mass is 177 g/mol. The Morgan fingerprint density at radius 1 is 1.62 bits per heavy atom. The average Bonchev–Trinajstić information content (AvgIpc) is 2.57. The molecule has 0 radical (unpaired) electrons.